The van der Waals surface area contributed by atoms with Crippen molar-refractivity contribution in [3.8, 4) is 0 Å². The van der Waals surface area contributed by atoms with Crippen LogP contribution < -0.4 is 5.32 Å². The van der Waals surface area contributed by atoms with Gasteiger partial charge in [0.15, 0.2) is 0 Å². The van der Waals surface area contributed by atoms with Crippen molar-refractivity contribution in [2.45, 2.75) is 6.54 Å². The van der Waals surface area contributed by atoms with Crippen molar-refractivity contribution in [2.24, 2.45) is 0 Å². The summed E-state index contributed by atoms with van der Waals surface area (Å²) in [6.07, 6.45) is 0. The molecule has 0 aliphatic carbocycles. The lowest BCUT2D eigenvalue weighted by Gasteiger charge is -2.04. The lowest BCUT2D eigenvalue weighted by Crippen LogP contribution is -2.05. The van der Waals surface area contributed by atoms with Crippen LogP contribution in [0.3, 0.4) is 0 Å². The summed E-state index contributed by atoms with van der Waals surface area (Å²) < 4.78 is 13.6. The first kappa shape index (κ1) is 10.3. The van der Waals surface area contributed by atoms with Crippen LogP contribution in [0.15, 0.2) is 24.3 Å². The van der Waals surface area contributed by atoms with E-state index in [2.05, 4.69) is 10.3 Å². The molecule has 2 aromatic rings. The van der Waals surface area contributed by atoms with Gasteiger partial charge in [-0.1, -0.05) is 11.6 Å². The SMILES string of the molecule is CNCc1cc(F)c2ccc(Cl)nc2c1. The number of fused-ring (bicyclic) bond motifs is 1. The Bertz CT molecular complexity index is 499. The van der Waals surface area contributed by atoms with E-state index in [9.17, 15) is 4.39 Å². The molecular weight excluding hydrogens is 215 g/mol. The quantitative estimate of drug-likeness (QED) is 0.794. The van der Waals surface area contributed by atoms with E-state index in [0.29, 0.717) is 22.6 Å². The number of halogens is 2. The van der Waals surface area contributed by atoms with Crippen LogP contribution in [-0.4, -0.2) is 12.0 Å². The first-order chi connectivity index (χ1) is 7.20. The summed E-state index contributed by atoms with van der Waals surface area (Å²) in [7, 11) is 1.81. The van der Waals surface area contributed by atoms with E-state index in [1.54, 1.807) is 12.1 Å². The molecule has 2 nitrogen and oxygen atoms in total. The van der Waals surface area contributed by atoms with Gasteiger partial charge in [-0.2, -0.15) is 0 Å². The third kappa shape index (κ3) is 2.08. The molecule has 0 radical (unpaired) electrons. The predicted molar refractivity (Wildman–Crippen MR) is 59.5 cm³/mol. The van der Waals surface area contributed by atoms with Gasteiger partial charge in [0.1, 0.15) is 11.0 Å². The first-order valence-corrected chi connectivity index (χ1v) is 4.98. The second kappa shape index (κ2) is 4.13. The van der Waals surface area contributed by atoms with Crippen molar-refractivity contribution in [3.63, 3.8) is 0 Å². The molecule has 0 saturated heterocycles. The van der Waals surface area contributed by atoms with Crippen molar-refractivity contribution < 1.29 is 4.39 Å². The van der Waals surface area contributed by atoms with Crippen molar-refractivity contribution in [3.05, 3.63) is 40.8 Å². The van der Waals surface area contributed by atoms with Crippen LogP contribution in [0, 0.1) is 5.82 Å². The van der Waals surface area contributed by atoms with Crippen LogP contribution >= 0.6 is 11.6 Å². The van der Waals surface area contributed by atoms with Crippen LogP contribution in [0.25, 0.3) is 10.9 Å². The molecular formula is C11H10ClFN2. The highest BCUT2D eigenvalue weighted by Crippen LogP contribution is 2.20. The van der Waals surface area contributed by atoms with Gasteiger partial charge in [0.25, 0.3) is 0 Å². The number of rotatable bonds is 2. The lowest BCUT2D eigenvalue weighted by atomic mass is 10.1. The molecule has 1 heterocycles. The Morgan fingerprint density at radius 2 is 2.20 bits per heavy atom. The zero-order chi connectivity index (χ0) is 10.8. The molecule has 4 heteroatoms. The van der Waals surface area contributed by atoms with Gasteiger partial charge in [-0.25, -0.2) is 9.37 Å². The Balaban J connectivity index is 2.63. The lowest BCUT2D eigenvalue weighted by molar-refractivity contribution is 0.635. The molecule has 0 fully saturated rings. The molecule has 15 heavy (non-hydrogen) atoms. The zero-order valence-electron chi connectivity index (χ0n) is 8.22. The van der Waals surface area contributed by atoms with Crippen molar-refractivity contribution in [1.29, 1.82) is 0 Å². The molecule has 0 spiro atoms. The molecule has 0 bridgehead atoms. The van der Waals surface area contributed by atoms with E-state index in [4.69, 9.17) is 11.6 Å². The second-order valence-electron chi connectivity index (χ2n) is 3.31. The topological polar surface area (TPSA) is 24.9 Å². The van der Waals surface area contributed by atoms with Crippen molar-refractivity contribution in [2.75, 3.05) is 7.05 Å². The third-order valence-corrected chi connectivity index (χ3v) is 2.37. The summed E-state index contributed by atoms with van der Waals surface area (Å²) in [6, 6.07) is 6.57. The average molecular weight is 225 g/mol. The summed E-state index contributed by atoms with van der Waals surface area (Å²) in [5, 5.41) is 3.84. The van der Waals surface area contributed by atoms with E-state index >= 15 is 0 Å². The van der Waals surface area contributed by atoms with Gasteiger partial charge in [-0.15, -0.1) is 0 Å². The molecule has 78 valence electrons. The Labute approximate surface area is 92.1 Å². The number of pyridine rings is 1. The highest BCUT2D eigenvalue weighted by Gasteiger charge is 2.05. The Morgan fingerprint density at radius 1 is 1.40 bits per heavy atom. The number of nitrogens with zero attached hydrogens (tertiary/aromatic N) is 1. The standard InChI is InChI=1S/C11H10ClFN2/c1-14-6-7-4-9(13)8-2-3-11(12)15-10(8)5-7/h2-5,14H,6H2,1H3. The minimum atomic E-state index is -0.262. The fourth-order valence-electron chi connectivity index (χ4n) is 1.53. The Morgan fingerprint density at radius 3 is 2.93 bits per heavy atom. The van der Waals surface area contributed by atoms with Crippen molar-refractivity contribution in [1.82, 2.24) is 10.3 Å². The van der Waals surface area contributed by atoms with Crippen LogP contribution in [-0.2, 0) is 6.54 Å². The van der Waals surface area contributed by atoms with Gasteiger partial charge in [-0.3, -0.25) is 0 Å². The maximum absolute atomic E-state index is 13.6. The van der Waals surface area contributed by atoms with E-state index in [-0.39, 0.29) is 5.82 Å². The average Bonchev–Trinajstić information content (AvgIpc) is 2.17. The van der Waals surface area contributed by atoms with E-state index < -0.39 is 0 Å². The first-order valence-electron chi connectivity index (χ1n) is 4.60. The smallest absolute Gasteiger partial charge is 0.132 e. The summed E-state index contributed by atoms with van der Waals surface area (Å²) in [6.45, 7) is 0.612. The molecule has 0 aliphatic rings. The number of nitrogens with one attached hydrogen (secondary N) is 1. The normalized spacial score (nSPS) is 10.9. The molecule has 0 amide bonds. The van der Waals surface area contributed by atoms with Crippen LogP contribution in [0.5, 0.6) is 0 Å². The van der Waals surface area contributed by atoms with Gasteiger partial charge >= 0.3 is 0 Å². The van der Waals surface area contributed by atoms with Crippen LogP contribution in [0.1, 0.15) is 5.56 Å². The molecule has 1 aromatic carbocycles. The predicted octanol–water partition coefficient (Wildman–Crippen LogP) is 2.75. The van der Waals surface area contributed by atoms with E-state index in [1.165, 1.54) is 6.07 Å². The third-order valence-electron chi connectivity index (χ3n) is 2.16. The van der Waals surface area contributed by atoms with Gasteiger partial charge in [0.2, 0.25) is 0 Å². The number of hydrogen-bond acceptors (Lipinski definition) is 2. The summed E-state index contributed by atoms with van der Waals surface area (Å²) in [5.41, 5.74) is 1.45. The molecule has 1 N–H and O–H groups in total. The number of aromatic nitrogens is 1. The largest absolute Gasteiger partial charge is 0.316 e. The summed E-state index contributed by atoms with van der Waals surface area (Å²) in [5.74, 6) is -0.262. The number of hydrogen-bond donors (Lipinski definition) is 1. The fraction of sp³-hybridized carbons (Fsp3) is 0.182. The highest BCUT2D eigenvalue weighted by atomic mass is 35.5. The van der Waals surface area contributed by atoms with Gasteiger partial charge in [-0.05, 0) is 36.9 Å². The zero-order valence-corrected chi connectivity index (χ0v) is 8.98. The molecule has 2 rings (SSSR count). The molecule has 0 aliphatic heterocycles. The van der Waals surface area contributed by atoms with Crippen LogP contribution in [0.4, 0.5) is 4.39 Å². The van der Waals surface area contributed by atoms with Crippen molar-refractivity contribution >= 4 is 22.5 Å². The molecule has 0 unspecified atom stereocenters. The highest BCUT2D eigenvalue weighted by molar-refractivity contribution is 6.29. The minimum Gasteiger partial charge on any atom is -0.316 e. The van der Waals surface area contributed by atoms with E-state index in [1.807, 2.05) is 13.1 Å². The molecule has 0 saturated carbocycles. The molecule has 1 aromatic heterocycles. The van der Waals surface area contributed by atoms with Gasteiger partial charge < -0.3 is 5.32 Å². The van der Waals surface area contributed by atoms with Gasteiger partial charge in [0.05, 0.1) is 5.52 Å². The maximum Gasteiger partial charge on any atom is 0.132 e. The van der Waals surface area contributed by atoms with Gasteiger partial charge in [0, 0.05) is 11.9 Å². The van der Waals surface area contributed by atoms with Crippen LogP contribution in [0.2, 0.25) is 5.15 Å². The fourth-order valence-corrected chi connectivity index (χ4v) is 1.68. The monoisotopic (exact) mass is 224 g/mol. The molecule has 0 atom stereocenters. The Hall–Kier alpha value is -1.19. The maximum atomic E-state index is 13.6. The second-order valence-corrected chi connectivity index (χ2v) is 3.70. The van der Waals surface area contributed by atoms with E-state index in [0.717, 1.165) is 5.56 Å². The number of benzene rings is 1. The Kier molecular flexibility index (Phi) is 2.84. The summed E-state index contributed by atoms with van der Waals surface area (Å²) in [4.78, 5) is 4.08. The minimum absolute atomic E-state index is 0.262. The summed E-state index contributed by atoms with van der Waals surface area (Å²) >= 11 is 5.75.